The van der Waals surface area contributed by atoms with Gasteiger partial charge in [0.1, 0.15) is 11.3 Å². The Labute approximate surface area is 169 Å². The number of benzene rings is 2. The molecule has 2 aromatic heterocycles. The predicted molar refractivity (Wildman–Crippen MR) is 110 cm³/mol. The predicted octanol–water partition coefficient (Wildman–Crippen LogP) is 5.22. The summed E-state index contributed by atoms with van der Waals surface area (Å²) in [6, 6.07) is 15.0. The van der Waals surface area contributed by atoms with Gasteiger partial charge in [0.2, 0.25) is 0 Å². The molecule has 0 radical (unpaired) electrons. The van der Waals surface area contributed by atoms with Crippen molar-refractivity contribution in [2.75, 3.05) is 4.90 Å². The molecule has 0 N–H and O–H groups in total. The average Bonchev–Trinajstić information content (AvgIpc) is 3.16. The highest BCUT2D eigenvalue weighted by molar-refractivity contribution is 7.22. The zero-order valence-electron chi connectivity index (χ0n) is 15.1. The van der Waals surface area contributed by atoms with Crippen LogP contribution in [0.1, 0.15) is 11.1 Å². The van der Waals surface area contributed by atoms with Crippen LogP contribution in [0.2, 0.25) is 0 Å². The van der Waals surface area contributed by atoms with Crippen LogP contribution in [0.3, 0.4) is 0 Å². The zero-order chi connectivity index (χ0) is 20.2. The number of halogens is 2. The van der Waals surface area contributed by atoms with E-state index in [9.17, 15) is 13.6 Å². The lowest BCUT2D eigenvalue weighted by atomic mass is 10.2. The quantitative estimate of drug-likeness (QED) is 0.426. The molecule has 0 saturated heterocycles. The molecule has 0 atom stereocenters. The van der Waals surface area contributed by atoms with Gasteiger partial charge in [-0.2, -0.15) is 0 Å². The number of amides is 1. The van der Waals surface area contributed by atoms with E-state index in [2.05, 4.69) is 9.97 Å². The highest BCUT2D eigenvalue weighted by Gasteiger charge is 2.20. The van der Waals surface area contributed by atoms with Crippen molar-refractivity contribution in [1.82, 2.24) is 9.97 Å². The smallest absolute Gasteiger partial charge is 0.253 e. The van der Waals surface area contributed by atoms with Crippen molar-refractivity contribution in [3.63, 3.8) is 0 Å². The molecule has 0 fully saturated rings. The normalized spacial score (nSPS) is 11.2. The molecule has 0 bridgehead atoms. The molecule has 0 spiro atoms. The number of carbonyl (C=O) groups excluding carboxylic acids is 1. The van der Waals surface area contributed by atoms with Gasteiger partial charge in [-0.15, -0.1) is 0 Å². The van der Waals surface area contributed by atoms with Crippen LogP contribution in [0.25, 0.3) is 16.3 Å². The minimum absolute atomic E-state index is 0.0439. The monoisotopic (exact) mass is 407 g/mol. The number of hydrogen-bond donors (Lipinski definition) is 0. The van der Waals surface area contributed by atoms with Gasteiger partial charge in [0.05, 0.1) is 11.2 Å². The van der Waals surface area contributed by atoms with Crippen LogP contribution in [0, 0.1) is 11.6 Å². The molecular weight excluding hydrogens is 392 g/mol. The number of aromatic nitrogens is 2. The second-order valence-corrected chi connectivity index (χ2v) is 7.27. The van der Waals surface area contributed by atoms with Crippen LogP contribution in [0.4, 0.5) is 13.9 Å². The number of nitrogens with zero attached hydrogens (tertiary/aromatic N) is 3. The largest absolute Gasteiger partial charge is 0.280 e. The number of hydrogen-bond acceptors (Lipinski definition) is 4. The van der Waals surface area contributed by atoms with E-state index in [0.717, 1.165) is 28.5 Å². The number of carbonyl (C=O) groups is 1. The van der Waals surface area contributed by atoms with Gasteiger partial charge < -0.3 is 0 Å². The second-order valence-electron chi connectivity index (χ2n) is 6.26. The summed E-state index contributed by atoms with van der Waals surface area (Å²) in [5.41, 5.74) is 1.71. The Bertz CT molecular complexity index is 1180. The van der Waals surface area contributed by atoms with Gasteiger partial charge in [-0.25, -0.2) is 13.8 Å². The van der Waals surface area contributed by atoms with Crippen molar-refractivity contribution in [3.05, 3.63) is 95.8 Å². The first-order valence-corrected chi connectivity index (χ1v) is 9.61. The fraction of sp³-hybridized carbons (Fsp3) is 0.0455. The maximum absolute atomic E-state index is 14.1. The third-order valence-corrected chi connectivity index (χ3v) is 5.21. The maximum Gasteiger partial charge on any atom is 0.253 e. The lowest BCUT2D eigenvalue weighted by molar-refractivity contribution is -0.114. The summed E-state index contributed by atoms with van der Waals surface area (Å²) in [4.78, 5) is 22.7. The summed E-state index contributed by atoms with van der Waals surface area (Å²) in [6.45, 7) is 0.204. The van der Waals surface area contributed by atoms with Crippen molar-refractivity contribution in [2.45, 2.75) is 6.54 Å². The summed E-state index contributed by atoms with van der Waals surface area (Å²) >= 11 is 1.06. The molecule has 0 aliphatic rings. The van der Waals surface area contributed by atoms with Gasteiger partial charge in [0.15, 0.2) is 10.9 Å². The highest BCUT2D eigenvalue weighted by Crippen LogP contribution is 2.32. The average molecular weight is 407 g/mol. The fourth-order valence-electron chi connectivity index (χ4n) is 2.80. The molecule has 4 nitrogen and oxygen atoms in total. The van der Waals surface area contributed by atoms with Crippen molar-refractivity contribution < 1.29 is 13.6 Å². The first-order chi connectivity index (χ1) is 14.1. The Balaban J connectivity index is 1.71. The summed E-state index contributed by atoms with van der Waals surface area (Å²) in [5, 5.41) is 0.288. The summed E-state index contributed by atoms with van der Waals surface area (Å²) < 4.78 is 28.0. The lowest BCUT2D eigenvalue weighted by Crippen LogP contribution is -2.28. The molecule has 4 aromatic rings. The topological polar surface area (TPSA) is 46.1 Å². The van der Waals surface area contributed by atoms with Crippen LogP contribution in [-0.2, 0) is 11.3 Å². The molecule has 1 amide bonds. The van der Waals surface area contributed by atoms with E-state index in [1.165, 1.54) is 17.0 Å². The molecule has 0 aliphatic carbocycles. The van der Waals surface area contributed by atoms with Crippen LogP contribution < -0.4 is 4.90 Å². The third-order valence-electron chi connectivity index (χ3n) is 4.18. The van der Waals surface area contributed by atoms with Gasteiger partial charge in [0.25, 0.3) is 5.91 Å². The van der Waals surface area contributed by atoms with E-state index in [1.54, 1.807) is 24.5 Å². The van der Waals surface area contributed by atoms with Crippen molar-refractivity contribution in [1.29, 1.82) is 0 Å². The van der Waals surface area contributed by atoms with Crippen LogP contribution in [0.15, 0.2) is 73.1 Å². The number of pyridine rings is 1. The molecule has 2 aromatic carbocycles. The van der Waals surface area contributed by atoms with E-state index >= 15 is 0 Å². The van der Waals surface area contributed by atoms with Gasteiger partial charge in [0, 0.05) is 24.5 Å². The van der Waals surface area contributed by atoms with E-state index in [0.29, 0.717) is 4.70 Å². The SMILES string of the molecule is O=C(/C=C/c1ccccc1)N(Cc1cccnc1)c1nc2c(F)cc(F)cc2s1. The van der Waals surface area contributed by atoms with Gasteiger partial charge in [-0.3, -0.25) is 14.7 Å². The molecule has 4 rings (SSSR count). The van der Waals surface area contributed by atoms with Gasteiger partial charge >= 0.3 is 0 Å². The highest BCUT2D eigenvalue weighted by atomic mass is 32.1. The maximum atomic E-state index is 14.1. The lowest BCUT2D eigenvalue weighted by Gasteiger charge is -2.18. The van der Waals surface area contributed by atoms with Crippen molar-refractivity contribution in [2.24, 2.45) is 0 Å². The summed E-state index contributed by atoms with van der Waals surface area (Å²) in [6.07, 6.45) is 6.43. The van der Waals surface area contributed by atoms with E-state index in [4.69, 9.17) is 0 Å². The molecule has 29 heavy (non-hydrogen) atoms. The standard InChI is InChI=1S/C22H15F2N3OS/c23-17-11-18(24)21-19(12-17)29-22(26-21)27(14-16-7-4-10-25-13-16)20(28)9-8-15-5-2-1-3-6-15/h1-13H,14H2/b9-8+. The zero-order valence-corrected chi connectivity index (χ0v) is 15.9. The number of rotatable bonds is 5. The number of anilines is 1. The fourth-order valence-corrected chi connectivity index (χ4v) is 3.81. The Kier molecular flexibility index (Phi) is 5.39. The van der Waals surface area contributed by atoms with Crippen molar-refractivity contribution >= 4 is 38.7 Å². The minimum atomic E-state index is -0.754. The van der Waals surface area contributed by atoms with Crippen molar-refractivity contribution in [3.8, 4) is 0 Å². The summed E-state index contributed by atoms with van der Waals surface area (Å²) in [7, 11) is 0. The Morgan fingerprint density at radius 1 is 1.10 bits per heavy atom. The van der Waals surface area contributed by atoms with E-state index in [1.807, 2.05) is 36.4 Å². The molecule has 2 heterocycles. The van der Waals surface area contributed by atoms with Crippen LogP contribution >= 0.6 is 11.3 Å². The molecule has 144 valence electrons. The first-order valence-electron chi connectivity index (χ1n) is 8.79. The van der Waals surface area contributed by atoms with Crippen LogP contribution in [0.5, 0.6) is 0 Å². The van der Waals surface area contributed by atoms with E-state index < -0.39 is 11.6 Å². The number of fused-ring (bicyclic) bond motifs is 1. The Morgan fingerprint density at radius 2 is 1.93 bits per heavy atom. The molecular formula is C22H15F2N3OS. The minimum Gasteiger partial charge on any atom is -0.280 e. The first kappa shape index (κ1) is 18.9. The second kappa shape index (κ2) is 8.28. The summed E-state index contributed by atoms with van der Waals surface area (Å²) in [5.74, 6) is -1.76. The molecule has 7 heteroatoms. The number of thiazole rings is 1. The Morgan fingerprint density at radius 3 is 2.69 bits per heavy atom. The van der Waals surface area contributed by atoms with Gasteiger partial charge in [-0.1, -0.05) is 47.7 Å². The third kappa shape index (κ3) is 4.35. The molecule has 0 aliphatic heterocycles. The molecule has 0 saturated carbocycles. The Hall–Kier alpha value is -3.45. The van der Waals surface area contributed by atoms with E-state index in [-0.39, 0.29) is 23.1 Å². The van der Waals surface area contributed by atoms with Gasteiger partial charge in [-0.05, 0) is 29.3 Å². The van der Waals surface area contributed by atoms with Crippen LogP contribution in [-0.4, -0.2) is 15.9 Å². The molecule has 0 unspecified atom stereocenters.